The molecule has 5 nitrogen and oxygen atoms in total. The van der Waals surface area contributed by atoms with Gasteiger partial charge in [-0.05, 0) is 54.5 Å². The average Bonchev–Trinajstić information content (AvgIpc) is 2.99. The van der Waals surface area contributed by atoms with Crippen molar-refractivity contribution >= 4 is 63.2 Å². The van der Waals surface area contributed by atoms with Crippen molar-refractivity contribution in [3.63, 3.8) is 0 Å². The van der Waals surface area contributed by atoms with Gasteiger partial charge in [0.15, 0.2) is 10.7 Å². The predicted molar refractivity (Wildman–Crippen MR) is 113 cm³/mol. The number of oxazole rings is 1. The van der Waals surface area contributed by atoms with Crippen molar-refractivity contribution in [1.29, 1.82) is 0 Å². The van der Waals surface area contributed by atoms with Gasteiger partial charge in [0.2, 0.25) is 11.8 Å². The Bertz CT molecular complexity index is 1020. The molecule has 8 heteroatoms. The molecule has 0 saturated heterocycles. The Morgan fingerprint density at radius 1 is 1.22 bits per heavy atom. The molecule has 2 N–H and O–H groups in total. The van der Waals surface area contributed by atoms with Gasteiger partial charge in [-0.25, -0.2) is 4.98 Å². The number of aromatic nitrogens is 1. The topological polar surface area (TPSA) is 67.2 Å². The maximum atomic E-state index is 11.8. The van der Waals surface area contributed by atoms with Gasteiger partial charge >= 0.3 is 0 Å². The first-order valence-electron chi connectivity index (χ1n) is 8.28. The van der Waals surface area contributed by atoms with Crippen LogP contribution in [0.15, 0.2) is 40.8 Å². The highest BCUT2D eigenvalue weighted by molar-refractivity contribution is 7.80. The number of carbonyl (C=O) groups excluding carboxylic acids is 1. The lowest BCUT2D eigenvalue weighted by Gasteiger charge is -2.10. The molecule has 0 aliphatic rings. The minimum absolute atomic E-state index is 0.122. The van der Waals surface area contributed by atoms with Gasteiger partial charge in [-0.1, -0.05) is 37.0 Å². The van der Waals surface area contributed by atoms with Crippen LogP contribution < -0.4 is 10.6 Å². The summed E-state index contributed by atoms with van der Waals surface area (Å²) in [5.41, 5.74) is 2.53. The van der Waals surface area contributed by atoms with E-state index in [2.05, 4.69) is 15.6 Å². The number of fused-ring (bicyclic) bond motifs is 1. The summed E-state index contributed by atoms with van der Waals surface area (Å²) in [7, 11) is 0. The minimum Gasteiger partial charge on any atom is -0.436 e. The Morgan fingerprint density at radius 3 is 2.74 bits per heavy atom. The van der Waals surface area contributed by atoms with Crippen LogP contribution >= 0.6 is 35.4 Å². The minimum atomic E-state index is -0.122. The van der Waals surface area contributed by atoms with E-state index in [1.807, 2.05) is 13.8 Å². The number of rotatable bonds is 4. The SMILES string of the molecule is CC(C)CC(=O)NC(=S)Nc1ccc2oc(-c3cc(Cl)ccc3Cl)nc2c1. The molecule has 0 unspecified atom stereocenters. The number of halogens is 2. The van der Waals surface area contributed by atoms with Gasteiger partial charge in [-0.2, -0.15) is 0 Å². The number of nitrogens with zero attached hydrogens (tertiary/aromatic N) is 1. The van der Waals surface area contributed by atoms with Crippen molar-refractivity contribution in [3.8, 4) is 11.5 Å². The first kappa shape index (κ1) is 19.6. The number of carbonyl (C=O) groups is 1. The number of amides is 1. The van der Waals surface area contributed by atoms with Crippen LogP contribution in [0.2, 0.25) is 10.0 Å². The Balaban J connectivity index is 1.79. The van der Waals surface area contributed by atoms with E-state index in [-0.39, 0.29) is 16.9 Å². The first-order chi connectivity index (χ1) is 12.8. The van der Waals surface area contributed by atoms with Crippen molar-refractivity contribution in [2.45, 2.75) is 20.3 Å². The van der Waals surface area contributed by atoms with Crippen molar-refractivity contribution in [3.05, 3.63) is 46.4 Å². The highest BCUT2D eigenvalue weighted by Crippen LogP contribution is 2.32. The van der Waals surface area contributed by atoms with E-state index >= 15 is 0 Å². The molecule has 1 aromatic heterocycles. The lowest BCUT2D eigenvalue weighted by Crippen LogP contribution is -2.34. The number of nitrogens with one attached hydrogen (secondary N) is 2. The maximum absolute atomic E-state index is 11.8. The lowest BCUT2D eigenvalue weighted by atomic mass is 10.1. The normalized spacial score (nSPS) is 11.0. The van der Waals surface area contributed by atoms with Gasteiger partial charge in [0.1, 0.15) is 5.52 Å². The molecule has 1 amide bonds. The van der Waals surface area contributed by atoms with Crippen LogP contribution in [0, 0.1) is 5.92 Å². The van der Waals surface area contributed by atoms with Crippen LogP contribution in [0.4, 0.5) is 5.69 Å². The van der Waals surface area contributed by atoms with Crippen molar-refractivity contribution < 1.29 is 9.21 Å². The first-order valence-corrected chi connectivity index (χ1v) is 9.45. The Morgan fingerprint density at radius 2 is 2.00 bits per heavy atom. The molecule has 2 aromatic carbocycles. The fourth-order valence-electron chi connectivity index (χ4n) is 2.49. The highest BCUT2D eigenvalue weighted by atomic mass is 35.5. The maximum Gasteiger partial charge on any atom is 0.228 e. The third-order valence-electron chi connectivity index (χ3n) is 3.65. The zero-order valence-electron chi connectivity index (χ0n) is 14.7. The number of hydrogen-bond acceptors (Lipinski definition) is 4. The Labute approximate surface area is 172 Å². The van der Waals surface area contributed by atoms with Crippen molar-refractivity contribution in [2.24, 2.45) is 5.92 Å². The summed E-state index contributed by atoms with van der Waals surface area (Å²) >= 11 is 17.4. The van der Waals surface area contributed by atoms with Gasteiger partial charge in [0.05, 0.1) is 10.6 Å². The summed E-state index contributed by atoms with van der Waals surface area (Å²) in [4.78, 5) is 16.3. The molecule has 0 spiro atoms. The van der Waals surface area contributed by atoms with Gasteiger partial charge < -0.3 is 15.1 Å². The number of benzene rings is 2. The predicted octanol–water partition coefficient (Wildman–Crippen LogP) is 5.66. The second-order valence-electron chi connectivity index (χ2n) is 6.43. The molecular formula is C19H17Cl2N3O2S. The summed E-state index contributed by atoms with van der Waals surface area (Å²) in [5, 5.41) is 6.92. The summed E-state index contributed by atoms with van der Waals surface area (Å²) in [6.45, 7) is 3.94. The van der Waals surface area contributed by atoms with E-state index in [0.29, 0.717) is 44.7 Å². The van der Waals surface area contributed by atoms with E-state index in [1.54, 1.807) is 36.4 Å². The zero-order valence-corrected chi connectivity index (χ0v) is 17.0. The van der Waals surface area contributed by atoms with E-state index < -0.39 is 0 Å². The third kappa shape index (κ3) is 4.97. The number of anilines is 1. The van der Waals surface area contributed by atoms with Gasteiger partial charge in [-0.3, -0.25) is 4.79 Å². The van der Waals surface area contributed by atoms with Crippen molar-refractivity contribution in [2.75, 3.05) is 5.32 Å². The molecule has 3 rings (SSSR count). The third-order valence-corrected chi connectivity index (χ3v) is 4.42. The van der Waals surface area contributed by atoms with Crippen LogP contribution in [0.5, 0.6) is 0 Å². The van der Waals surface area contributed by atoms with Crippen LogP contribution in [-0.2, 0) is 4.79 Å². The molecule has 140 valence electrons. The van der Waals surface area contributed by atoms with Crippen LogP contribution in [0.3, 0.4) is 0 Å². The fraction of sp³-hybridized carbons (Fsp3) is 0.211. The number of hydrogen-bond donors (Lipinski definition) is 2. The molecule has 0 aliphatic carbocycles. The molecule has 0 aliphatic heterocycles. The van der Waals surface area contributed by atoms with Gasteiger partial charge in [0.25, 0.3) is 0 Å². The molecule has 0 radical (unpaired) electrons. The van der Waals surface area contributed by atoms with Crippen LogP contribution in [0.1, 0.15) is 20.3 Å². The van der Waals surface area contributed by atoms with Gasteiger partial charge in [-0.15, -0.1) is 0 Å². The molecule has 3 aromatic rings. The molecular weight excluding hydrogens is 405 g/mol. The van der Waals surface area contributed by atoms with Crippen molar-refractivity contribution in [1.82, 2.24) is 10.3 Å². The summed E-state index contributed by atoms with van der Waals surface area (Å²) in [6, 6.07) is 10.4. The second-order valence-corrected chi connectivity index (χ2v) is 7.68. The zero-order chi connectivity index (χ0) is 19.6. The smallest absolute Gasteiger partial charge is 0.228 e. The van der Waals surface area contributed by atoms with E-state index in [9.17, 15) is 4.79 Å². The van der Waals surface area contributed by atoms with Crippen LogP contribution in [0.25, 0.3) is 22.6 Å². The number of thiocarbonyl (C=S) groups is 1. The standard InChI is InChI=1S/C19H17Cl2N3O2S/c1-10(2)7-17(25)24-19(27)22-12-4-6-16-15(9-12)23-18(26-16)13-8-11(20)3-5-14(13)21/h3-6,8-10H,7H2,1-2H3,(H2,22,24,25,27). The Kier molecular flexibility index (Phi) is 5.99. The van der Waals surface area contributed by atoms with E-state index in [4.69, 9.17) is 39.8 Å². The summed E-state index contributed by atoms with van der Waals surface area (Å²) < 4.78 is 5.77. The van der Waals surface area contributed by atoms with E-state index in [0.717, 1.165) is 0 Å². The molecule has 0 saturated carbocycles. The fourth-order valence-corrected chi connectivity index (χ4v) is 3.09. The average molecular weight is 422 g/mol. The van der Waals surface area contributed by atoms with E-state index in [1.165, 1.54) is 0 Å². The largest absolute Gasteiger partial charge is 0.436 e. The molecule has 0 atom stereocenters. The molecule has 1 heterocycles. The summed E-state index contributed by atoms with van der Waals surface area (Å²) in [6.07, 6.45) is 0.411. The monoisotopic (exact) mass is 421 g/mol. The molecule has 0 bridgehead atoms. The molecule has 27 heavy (non-hydrogen) atoms. The van der Waals surface area contributed by atoms with Gasteiger partial charge in [0, 0.05) is 17.1 Å². The van der Waals surface area contributed by atoms with Crippen LogP contribution in [-0.4, -0.2) is 16.0 Å². The quantitative estimate of drug-likeness (QED) is 0.531. The molecule has 0 fully saturated rings. The lowest BCUT2D eigenvalue weighted by molar-refractivity contribution is -0.120. The Hall–Kier alpha value is -2.15. The highest BCUT2D eigenvalue weighted by Gasteiger charge is 2.13. The second kappa shape index (κ2) is 8.25. The summed E-state index contributed by atoms with van der Waals surface area (Å²) in [5.74, 6) is 0.515.